The zero-order chi connectivity index (χ0) is 10.1. The van der Waals surface area contributed by atoms with Crippen LogP contribution in [-0.4, -0.2) is 32.1 Å². The Morgan fingerprint density at radius 2 is 2.29 bits per heavy atom. The lowest BCUT2D eigenvalue weighted by Crippen LogP contribution is -1.94. The standard InChI is InChI=1S/C7H9N5OS/c1-12-5(13-2)3-4(11-12)6-8-7(14)10-9-6/h3H,1-2H3,(H2,8,9,10,14). The van der Waals surface area contributed by atoms with Crippen LogP contribution in [0.5, 0.6) is 5.88 Å². The van der Waals surface area contributed by atoms with Crippen LogP contribution in [0.3, 0.4) is 0 Å². The number of nitrogens with one attached hydrogen (secondary N) is 2. The predicted molar refractivity (Wildman–Crippen MR) is 52.5 cm³/mol. The molecule has 74 valence electrons. The number of hydrogen-bond donors (Lipinski definition) is 2. The van der Waals surface area contributed by atoms with Crippen LogP contribution in [-0.2, 0) is 7.05 Å². The number of nitrogens with zero attached hydrogens (tertiary/aromatic N) is 3. The van der Waals surface area contributed by atoms with Gasteiger partial charge in [0.15, 0.2) is 5.82 Å². The third-order valence-corrected chi connectivity index (χ3v) is 1.98. The van der Waals surface area contributed by atoms with Crippen molar-refractivity contribution in [2.75, 3.05) is 7.11 Å². The molecule has 0 aliphatic carbocycles. The Morgan fingerprint density at radius 3 is 2.79 bits per heavy atom. The topological polar surface area (TPSA) is 71.5 Å². The van der Waals surface area contributed by atoms with E-state index in [1.165, 1.54) is 0 Å². The van der Waals surface area contributed by atoms with E-state index in [-0.39, 0.29) is 0 Å². The van der Waals surface area contributed by atoms with Gasteiger partial charge in [-0.2, -0.15) is 10.1 Å². The summed E-state index contributed by atoms with van der Waals surface area (Å²) in [6, 6.07) is 1.78. The summed E-state index contributed by atoms with van der Waals surface area (Å²) in [5.74, 6) is 1.27. The fourth-order valence-electron chi connectivity index (χ4n) is 1.15. The summed E-state index contributed by atoms with van der Waals surface area (Å²) in [4.78, 5) is 4.04. The monoisotopic (exact) mass is 211 g/mol. The lowest BCUT2D eigenvalue weighted by Gasteiger charge is -1.95. The molecule has 0 amide bonds. The molecule has 6 nitrogen and oxygen atoms in total. The number of methoxy groups -OCH3 is 1. The maximum absolute atomic E-state index is 5.08. The highest BCUT2D eigenvalue weighted by Crippen LogP contribution is 2.18. The number of aromatic nitrogens is 5. The molecule has 0 saturated heterocycles. The first-order valence-electron chi connectivity index (χ1n) is 3.94. The van der Waals surface area contributed by atoms with Crippen LogP contribution >= 0.6 is 12.2 Å². The van der Waals surface area contributed by atoms with Gasteiger partial charge in [-0.25, -0.2) is 4.68 Å². The van der Waals surface area contributed by atoms with Gasteiger partial charge in [0.1, 0.15) is 5.69 Å². The van der Waals surface area contributed by atoms with E-state index in [2.05, 4.69) is 20.3 Å². The first-order valence-corrected chi connectivity index (χ1v) is 4.34. The van der Waals surface area contributed by atoms with Crippen LogP contribution in [0.4, 0.5) is 0 Å². The lowest BCUT2D eigenvalue weighted by molar-refractivity contribution is 0.373. The van der Waals surface area contributed by atoms with Crippen LogP contribution in [0.1, 0.15) is 0 Å². The fourth-order valence-corrected chi connectivity index (χ4v) is 1.29. The highest BCUT2D eigenvalue weighted by molar-refractivity contribution is 7.71. The largest absolute Gasteiger partial charge is 0.481 e. The van der Waals surface area contributed by atoms with Crippen molar-refractivity contribution in [1.82, 2.24) is 25.0 Å². The average molecular weight is 211 g/mol. The van der Waals surface area contributed by atoms with Crippen molar-refractivity contribution in [2.45, 2.75) is 0 Å². The SMILES string of the molecule is COc1cc(-c2nc(=S)[nH][nH]2)nn1C. The third-order valence-electron chi connectivity index (χ3n) is 1.79. The normalized spacial score (nSPS) is 10.4. The Kier molecular flexibility index (Phi) is 2.08. The number of aromatic amines is 2. The van der Waals surface area contributed by atoms with Gasteiger partial charge in [-0.3, -0.25) is 10.2 Å². The maximum Gasteiger partial charge on any atom is 0.213 e. The molecule has 7 heteroatoms. The molecule has 0 fully saturated rings. The molecule has 0 aromatic carbocycles. The van der Waals surface area contributed by atoms with E-state index in [9.17, 15) is 0 Å². The van der Waals surface area contributed by atoms with Gasteiger partial charge in [0.05, 0.1) is 7.11 Å². The zero-order valence-corrected chi connectivity index (χ0v) is 8.55. The van der Waals surface area contributed by atoms with E-state index < -0.39 is 0 Å². The van der Waals surface area contributed by atoms with Gasteiger partial charge in [-0.05, 0) is 12.2 Å². The Bertz CT molecular complexity index is 496. The Labute approximate surface area is 84.9 Å². The molecule has 0 saturated carbocycles. The summed E-state index contributed by atoms with van der Waals surface area (Å²) in [5.41, 5.74) is 0.691. The molecule has 2 aromatic heterocycles. The summed E-state index contributed by atoms with van der Waals surface area (Å²) in [7, 11) is 3.39. The molecule has 14 heavy (non-hydrogen) atoms. The van der Waals surface area contributed by atoms with E-state index in [1.54, 1.807) is 24.9 Å². The lowest BCUT2D eigenvalue weighted by atomic mass is 10.4. The van der Waals surface area contributed by atoms with Crippen molar-refractivity contribution < 1.29 is 4.74 Å². The average Bonchev–Trinajstić information content (AvgIpc) is 2.71. The van der Waals surface area contributed by atoms with Crippen molar-refractivity contribution in [3.63, 3.8) is 0 Å². The van der Waals surface area contributed by atoms with Gasteiger partial charge in [0.25, 0.3) is 0 Å². The second-order valence-electron chi connectivity index (χ2n) is 2.71. The second-order valence-corrected chi connectivity index (χ2v) is 3.10. The number of hydrogen-bond acceptors (Lipinski definition) is 4. The van der Waals surface area contributed by atoms with Crippen molar-refractivity contribution in [3.05, 3.63) is 10.8 Å². The van der Waals surface area contributed by atoms with Crippen molar-refractivity contribution in [3.8, 4) is 17.4 Å². The van der Waals surface area contributed by atoms with Gasteiger partial charge >= 0.3 is 0 Å². The minimum absolute atomic E-state index is 0.407. The molecular formula is C7H9N5OS. The molecule has 2 heterocycles. The molecule has 0 bridgehead atoms. The van der Waals surface area contributed by atoms with Crippen molar-refractivity contribution in [2.24, 2.45) is 7.05 Å². The zero-order valence-electron chi connectivity index (χ0n) is 7.74. The minimum atomic E-state index is 0.407. The van der Waals surface area contributed by atoms with E-state index in [0.717, 1.165) is 0 Å². The van der Waals surface area contributed by atoms with Crippen molar-refractivity contribution in [1.29, 1.82) is 0 Å². The minimum Gasteiger partial charge on any atom is -0.481 e. The molecule has 0 unspecified atom stereocenters. The quantitative estimate of drug-likeness (QED) is 0.723. The number of aryl methyl sites for hydroxylation is 1. The second kappa shape index (κ2) is 3.26. The van der Waals surface area contributed by atoms with E-state index >= 15 is 0 Å². The maximum atomic E-state index is 5.08. The summed E-state index contributed by atoms with van der Waals surface area (Å²) in [6.07, 6.45) is 0. The Hall–Kier alpha value is -1.63. The molecule has 0 atom stereocenters. The summed E-state index contributed by atoms with van der Waals surface area (Å²) >= 11 is 4.84. The van der Waals surface area contributed by atoms with Crippen LogP contribution in [0.2, 0.25) is 0 Å². The molecule has 0 aliphatic rings. The van der Waals surface area contributed by atoms with Gasteiger partial charge in [-0.15, -0.1) is 0 Å². The molecule has 2 rings (SSSR count). The Morgan fingerprint density at radius 1 is 1.50 bits per heavy atom. The van der Waals surface area contributed by atoms with Crippen LogP contribution in [0, 0.1) is 4.77 Å². The van der Waals surface area contributed by atoms with Crippen LogP contribution < -0.4 is 4.74 Å². The highest BCUT2D eigenvalue weighted by Gasteiger charge is 2.09. The molecule has 0 spiro atoms. The number of H-pyrrole nitrogens is 2. The molecule has 2 N–H and O–H groups in total. The molecule has 0 aliphatic heterocycles. The molecule has 2 aromatic rings. The third kappa shape index (κ3) is 1.41. The highest BCUT2D eigenvalue weighted by atomic mass is 32.1. The van der Waals surface area contributed by atoms with Gasteiger partial charge in [-0.1, -0.05) is 0 Å². The molecule has 0 radical (unpaired) electrons. The van der Waals surface area contributed by atoms with E-state index in [1.807, 2.05) is 0 Å². The van der Waals surface area contributed by atoms with Crippen molar-refractivity contribution >= 4 is 12.2 Å². The van der Waals surface area contributed by atoms with Gasteiger partial charge in [0.2, 0.25) is 10.7 Å². The predicted octanol–water partition coefficient (Wildman–Crippen LogP) is 0.876. The first-order chi connectivity index (χ1) is 6.70. The number of ether oxygens (including phenoxy) is 1. The summed E-state index contributed by atoms with van der Waals surface area (Å²) < 4.78 is 7.11. The van der Waals surface area contributed by atoms with Crippen LogP contribution in [0.15, 0.2) is 6.07 Å². The number of rotatable bonds is 2. The summed E-state index contributed by atoms with van der Waals surface area (Å²) in [5, 5.41) is 9.71. The fraction of sp³-hybridized carbons (Fsp3) is 0.286. The van der Waals surface area contributed by atoms with E-state index in [4.69, 9.17) is 17.0 Å². The Balaban J connectivity index is 2.47. The first kappa shape index (κ1) is 8.95. The van der Waals surface area contributed by atoms with Gasteiger partial charge < -0.3 is 4.74 Å². The van der Waals surface area contributed by atoms with Gasteiger partial charge in [0, 0.05) is 13.1 Å². The molecular weight excluding hydrogens is 202 g/mol. The summed E-state index contributed by atoms with van der Waals surface area (Å²) in [6.45, 7) is 0. The smallest absolute Gasteiger partial charge is 0.213 e. The van der Waals surface area contributed by atoms with E-state index in [0.29, 0.717) is 22.2 Å². The van der Waals surface area contributed by atoms with Crippen LogP contribution in [0.25, 0.3) is 11.5 Å².